The van der Waals surface area contributed by atoms with Crippen LogP contribution in [0.25, 0.3) is 0 Å². The zero-order chi connectivity index (χ0) is 20.8. The van der Waals surface area contributed by atoms with Crippen LogP contribution in [0, 0.1) is 0 Å². The first-order valence-electron chi connectivity index (χ1n) is 8.90. The summed E-state index contributed by atoms with van der Waals surface area (Å²) in [4.78, 5) is 0. The molecular weight excluding hydrogens is 339 g/mol. The number of hydrogen-bond acceptors (Lipinski definition) is 6. The topological polar surface area (TPSA) is 83.0 Å². The van der Waals surface area contributed by atoms with Crippen LogP contribution in [-0.2, 0) is 18.9 Å². The molecule has 0 fully saturated rings. The second-order valence-corrected chi connectivity index (χ2v) is 7.62. The van der Waals surface area contributed by atoms with Crippen LogP contribution in [0.3, 0.4) is 0 Å². The van der Waals surface area contributed by atoms with E-state index in [0.717, 1.165) is 0 Å². The van der Waals surface area contributed by atoms with E-state index < -0.39 is 11.9 Å². The standard InChI is InChI=1S/2C8H17O3.C2H5.Al/c2*1-6(2)10-8(5,9)11-7(3)4;1-2;/h2*6-7H,1-5H3;1H2,2H3;/q2*-1;;+2. The van der Waals surface area contributed by atoms with Crippen molar-refractivity contribution in [1.29, 1.82) is 0 Å². The minimum absolute atomic E-state index is 0.101. The van der Waals surface area contributed by atoms with Gasteiger partial charge in [0.1, 0.15) is 0 Å². The normalized spacial score (nSPS) is 12.3. The predicted octanol–water partition coefficient (Wildman–Crippen LogP) is 2.33. The van der Waals surface area contributed by atoms with Crippen molar-refractivity contribution in [2.45, 2.75) is 118 Å². The average molecular weight is 378 g/mol. The van der Waals surface area contributed by atoms with Gasteiger partial charge in [0.2, 0.25) is 0 Å². The van der Waals surface area contributed by atoms with E-state index in [4.69, 9.17) is 18.9 Å². The summed E-state index contributed by atoms with van der Waals surface area (Å²) in [5.74, 6) is -3.41. The quantitative estimate of drug-likeness (QED) is 0.476. The second kappa shape index (κ2) is 15.4. The van der Waals surface area contributed by atoms with Crippen LogP contribution in [0.2, 0.25) is 5.28 Å². The van der Waals surface area contributed by atoms with Crippen LogP contribution in [0.1, 0.15) is 76.2 Å². The third-order valence-corrected chi connectivity index (χ3v) is 1.80. The Labute approximate surface area is 163 Å². The van der Waals surface area contributed by atoms with Gasteiger partial charge in [0.25, 0.3) is 0 Å². The molecule has 0 saturated carbocycles. The van der Waals surface area contributed by atoms with Gasteiger partial charge in [-0.2, -0.15) is 0 Å². The molecule has 0 atom stereocenters. The van der Waals surface area contributed by atoms with Crippen LogP contribution in [0.5, 0.6) is 0 Å². The molecule has 0 aliphatic carbocycles. The fourth-order valence-corrected chi connectivity index (χ4v) is 1.77. The Balaban J connectivity index is -0.000000334. The van der Waals surface area contributed by atoms with Crippen molar-refractivity contribution in [3.8, 4) is 0 Å². The molecule has 0 spiro atoms. The number of hydrogen-bond donors (Lipinski definition) is 0. The molecule has 0 aromatic rings. The summed E-state index contributed by atoms with van der Waals surface area (Å²) in [5, 5.41) is 23.7. The number of rotatable bonds is 8. The second-order valence-electron chi connectivity index (χ2n) is 6.80. The first-order chi connectivity index (χ1) is 11.1. The summed E-state index contributed by atoms with van der Waals surface area (Å²) >= 11 is 2.58. The summed E-state index contributed by atoms with van der Waals surface area (Å²) in [5.41, 5.74) is 0. The SMILES string of the molecule is CC(C)OC(C)([O-])OC(C)C.CC(C)OC(C)([O-])OC(C)C.C[CH2][Al+2]. The molecule has 7 heteroatoms. The van der Waals surface area contributed by atoms with Gasteiger partial charge in [0, 0.05) is 0 Å². The Kier molecular flexibility index (Phi) is 18.5. The molecule has 0 aliphatic heterocycles. The molecular formula is C18H39AlO6. The maximum absolute atomic E-state index is 11.3. The monoisotopic (exact) mass is 378 g/mol. The molecule has 0 unspecified atom stereocenters. The maximum atomic E-state index is 11.3. The summed E-state index contributed by atoms with van der Waals surface area (Å²) < 4.78 is 19.9. The van der Waals surface area contributed by atoms with Crippen molar-refractivity contribution in [1.82, 2.24) is 0 Å². The Hall–Kier alpha value is 0.292. The Morgan fingerprint density at radius 2 is 0.760 bits per heavy atom. The van der Waals surface area contributed by atoms with Crippen LogP contribution >= 0.6 is 0 Å². The van der Waals surface area contributed by atoms with E-state index in [1.807, 2.05) is 0 Å². The van der Waals surface area contributed by atoms with Crippen molar-refractivity contribution in [3.63, 3.8) is 0 Å². The molecule has 0 aromatic carbocycles. The summed E-state index contributed by atoms with van der Waals surface area (Å²) in [6.45, 7) is 19.3. The van der Waals surface area contributed by atoms with Crippen molar-refractivity contribution in [3.05, 3.63) is 0 Å². The van der Waals surface area contributed by atoms with Crippen LogP contribution in [0.4, 0.5) is 0 Å². The molecule has 0 saturated heterocycles. The van der Waals surface area contributed by atoms with Crippen LogP contribution in [-0.4, -0.2) is 52.7 Å². The molecule has 25 heavy (non-hydrogen) atoms. The van der Waals surface area contributed by atoms with Crippen molar-refractivity contribution in [2.75, 3.05) is 0 Å². The minimum atomic E-state index is -1.71. The average Bonchev–Trinajstić information content (AvgIpc) is 2.21. The summed E-state index contributed by atoms with van der Waals surface area (Å²) in [7, 11) is 0. The molecule has 0 rings (SSSR count). The third kappa shape index (κ3) is 29.3. The van der Waals surface area contributed by atoms with Gasteiger partial charge in [-0.1, -0.05) is 0 Å². The van der Waals surface area contributed by atoms with E-state index in [0.29, 0.717) is 0 Å². The van der Waals surface area contributed by atoms with Gasteiger partial charge < -0.3 is 29.2 Å². The molecule has 0 amide bonds. The van der Waals surface area contributed by atoms with Crippen molar-refractivity contribution < 1.29 is 29.2 Å². The zero-order valence-electron chi connectivity index (χ0n) is 18.0. The Bertz CT molecular complexity index is 239. The molecule has 6 nitrogen and oxygen atoms in total. The van der Waals surface area contributed by atoms with Gasteiger partial charge >= 0.3 is 28.5 Å². The van der Waals surface area contributed by atoms with Crippen molar-refractivity contribution in [2.24, 2.45) is 0 Å². The zero-order valence-corrected chi connectivity index (χ0v) is 19.2. The van der Waals surface area contributed by atoms with E-state index in [-0.39, 0.29) is 24.4 Å². The Morgan fingerprint density at radius 1 is 0.640 bits per heavy atom. The van der Waals surface area contributed by atoms with Gasteiger partial charge in [0.05, 0.1) is 36.4 Å². The van der Waals surface area contributed by atoms with Crippen LogP contribution < -0.4 is 10.2 Å². The van der Waals surface area contributed by atoms with Crippen molar-refractivity contribution >= 4 is 16.3 Å². The van der Waals surface area contributed by atoms with Gasteiger partial charge in [-0.05, 0) is 69.2 Å². The molecule has 0 bridgehead atoms. The Morgan fingerprint density at radius 3 is 0.840 bits per heavy atom. The van der Waals surface area contributed by atoms with Gasteiger partial charge in [-0.15, -0.1) is 0 Å². The van der Waals surface area contributed by atoms with E-state index in [9.17, 15) is 10.2 Å². The third-order valence-electron chi connectivity index (χ3n) is 1.80. The van der Waals surface area contributed by atoms with E-state index in [1.165, 1.54) is 19.1 Å². The van der Waals surface area contributed by atoms with Gasteiger partial charge in [0.15, 0.2) is 0 Å². The molecule has 0 N–H and O–H groups in total. The van der Waals surface area contributed by atoms with Crippen LogP contribution in [0.15, 0.2) is 0 Å². The fraction of sp³-hybridized carbons (Fsp3) is 1.00. The number of ether oxygens (including phenoxy) is 4. The van der Waals surface area contributed by atoms with E-state index in [1.54, 1.807) is 55.4 Å². The van der Waals surface area contributed by atoms with Gasteiger partial charge in [-0.3, -0.25) is 0 Å². The summed E-state index contributed by atoms with van der Waals surface area (Å²) in [6.07, 6.45) is -0.403. The molecule has 0 heterocycles. The first-order valence-corrected chi connectivity index (χ1v) is 9.72. The molecule has 150 valence electrons. The first kappa shape index (κ1) is 30.0. The van der Waals surface area contributed by atoms with E-state index in [2.05, 4.69) is 23.2 Å². The summed E-state index contributed by atoms with van der Waals surface area (Å²) in [6, 6.07) is 0. The molecule has 0 radical (unpaired) electrons. The molecule has 0 aliphatic rings. The fourth-order valence-electron chi connectivity index (χ4n) is 1.77. The molecule has 0 aromatic heterocycles. The van der Waals surface area contributed by atoms with E-state index >= 15 is 0 Å². The predicted molar refractivity (Wildman–Crippen MR) is 97.9 cm³/mol. The van der Waals surface area contributed by atoms with Gasteiger partial charge in [-0.25, -0.2) is 0 Å².